The van der Waals surface area contributed by atoms with Gasteiger partial charge in [-0.1, -0.05) is 6.07 Å². The van der Waals surface area contributed by atoms with Gasteiger partial charge in [-0.2, -0.15) is 0 Å². The van der Waals surface area contributed by atoms with Gasteiger partial charge in [-0.25, -0.2) is 13.1 Å². The van der Waals surface area contributed by atoms with Gasteiger partial charge >= 0.3 is 0 Å². The molecule has 1 rings (SSSR count). The number of hydrogen-bond acceptors (Lipinski definition) is 5. The molecule has 0 unspecified atom stereocenters. The maximum atomic E-state index is 12.1. The number of carbonyl (C=O) groups is 1. The molecule has 0 aliphatic heterocycles. The summed E-state index contributed by atoms with van der Waals surface area (Å²) in [5.41, 5.74) is 0.313. The zero-order valence-corrected chi connectivity index (χ0v) is 13.9. The topological polar surface area (TPSA) is 87.7 Å². The summed E-state index contributed by atoms with van der Waals surface area (Å²) in [4.78, 5) is 14.0. The lowest BCUT2D eigenvalue weighted by Gasteiger charge is -2.11. The van der Waals surface area contributed by atoms with E-state index in [0.717, 1.165) is 0 Å². The van der Waals surface area contributed by atoms with E-state index in [0.29, 0.717) is 18.7 Å². The molecule has 2 N–H and O–H groups in total. The minimum atomic E-state index is -3.64. The first kappa shape index (κ1) is 18.6. The lowest BCUT2D eigenvalue weighted by Crippen LogP contribution is -2.31. The van der Waals surface area contributed by atoms with Crippen molar-refractivity contribution in [3.05, 3.63) is 29.8 Å². The average Bonchev–Trinajstić information content (AvgIpc) is 2.47. The first-order chi connectivity index (χ1) is 10.4. The number of rotatable bonds is 9. The molecular weight excluding hydrogens is 306 g/mol. The molecule has 0 atom stereocenters. The third-order valence-electron chi connectivity index (χ3n) is 2.85. The van der Waals surface area contributed by atoms with Crippen LogP contribution in [0.15, 0.2) is 29.2 Å². The van der Waals surface area contributed by atoms with Crippen LogP contribution in [0.3, 0.4) is 0 Å². The van der Waals surface area contributed by atoms with Crippen LogP contribution in [0, 0.1) is 0 Å². The molecular formula is C14H23N3O4S. The quantitative estimate of drug-likeness (QED) is 0.618. The Balaban J connectivity index is 2.74. The number of ether oxygens (including phenoxy) is 1. The van der Waals surface area contributed by atoms with Crippen molar-refractivity contribution in [2.24, 2.45) is 0 Å². The van der Waals surface area contributed by atoms with Gasteiger partial charge in [0.25, 0.3) is 5.91 Å². The Bertz CT molecular complexity index is 588. The van der Waals surface area contributed by atoms with Crippen LogP contribution in [0.1, 0.15) is 10.4 Å². The zero-order valence-electron chi connectivity index (χ0n) is 13.1. The third-order valence-corrected chi connectivity index (χ3v) is 4.31. The normalized spacial score (nSPS) is 11.6. The first-order valence-electron chi connectivity index (χ1n) is 6.88. The van der Waals surface area contributed by atoms with Crippen molar-refractivity contribution >= 4 is 15.9 Å². The van der Waals surface area contributed by atoms with Gasteiger partial charge in [-0.05, 0) is 32.3 Å². The Kier molecular flexibility index (Phi) is 7.46. The highest BCUT2D eigenvalue weighted by Gasteiger charge is 2.15. The van der Waals surface area contributed by atoms with Crippen molar-refractivity contribution in [1.29, 1.82) is 0 Å². The molecule has 0 heterocycles. The Morgan fingerprint density at radius 3 is 2.64 bits per heavy atom. The molecule has 0 radical (unpaired) electrons. The van der Waals surface area contributed by atoms with E-state index in [2.05, 4.69) is 10.0 Å². The minimum Gasteiger partial charge on any atom is -0.383 e. The molecule has 0 saturated heterocycles. The number of hydrogen-bond donors (Lipinski definition) is 2. The number of carbonyl (C=O) groups excluding carboxylic acids is 1. The van der Waals surface area contributed by atoms with E-state index < -0.39 is 10.0 Å². The predicted molar refractivity (Wildman–Crippen MR) is 84.4 cm³/mol. The molecule has 0 spiro atoms. The molecule has 124 valence electrons. The molecule has 0 aliphatic rings. The number of methoxy groups -OCH3 is 1. The molecule has 7 nitrogen and oxygen atoms in total. The average molecular weight is 329 g/mol. The van der Waals surface area contributed by atoms with Crippen LogP contribution in [0.25, 0.3) is 0 Å². The second kappa shape index (κ2) is 8.84. The lowest BCUT2D eigenvalue weighted by molar-refractivity contribution is 0.0951. The van der Waals surface area contributed by atoms with Gasteiger partial charge in [0.15, 0.2) is 0 Å². The molecule has 0 saturated carbocycles. The maximum absolute atomic E-state index is 12.1. The molecule has 0 bridgehead atoms. The molecule has 8 heteroatoms. The summed E-state index contributed by atoms with van der Waals surface area (Å²) in [6.45, 7) is 1.67. The van der Waals surface area contributed by atoms with E-state index in [-0.39, 0.29) is 24.0 Å². The highest BCUT2D eigenvalue weighted by molar-refractivity contribution is 7.89. The Labute approximate surface area is 131 Å². The number of likely N-dealkylation sites (N-methyl/N-ethyl adjacent to an activating group) is 1. The van der Waals surface area contributed by atoms with Crippen molar-refractivity contribution in [1.82, 2.24) is 14.9 Å². The Morgan fingerprint density at radius 1 is 1.27 bits per heavy atom. The van der Waals surface area contributed by atoms with Crippen LogP contribution in [0.4, 0.5) is 0 Å². The lowest BCUT2D eigenvalue weighted by atomic mass is 10.2. The number of nitrogens with one attached hydrogen (secondary N) is 2. The molecule has 22 heavy (non-hydrogen) atoms. The van der Waals surface area contributed by atoms with E-state index in [4.69, 9.17) is 4.74 Å². The van der Waals surface area contributed by atoms with E-state index in [1.54, 1.807) is 12.1 Å². The van der Waals surface area contributed by atoms with Gasteiger partial charge in [0, 0.05) is 32.3 Å². The van der Waals surface area contributed by atoms with Crippen molar-refractivity contribution < 1.29 is 17.9 Å². The first-order valence-corrected chi connectivity index (χ1v) is 8.36. The molecule has 1 amide bonds. The zero-order chi connectivity index (χ0) is 16.6. The SMILES string of the molecule is COCCNS(=O)(=O)c1cccc(C(=O)NCCN(C)C)c1. The monoisotopic (exact) mass is 329 g/mol. The summed E-state index contributed by atoms with van der Waals surface area (Å²) in [6.07, 6.45) is 0. The fourth-order valence-electron chi connectivity index (χ4n) is 1.66. The fourth-order valence-corrected chi connectivity index (χ4v) is 2.72. The summed E-state index contributed by atoms with van der Waals surface area (Å²) >= 11 is 0. The van der Waals surface area contributed by atoms with Gasteiger partial charge in [0.05, 0.1) is 11.5 Å². The van der Waals surface area contributed by atoms with Crippen molar-refractivity contribution in [3.63, 3.8) is 0 Å². The summed E-state index contributed by atoms with van der Waals surface area (Å²) in [7, 11) is 1.67. The highest BCUT2D eigenvalue weighted by Crippen LogP contribution is 2.11. The maximum Gasteiger partial charge on any atom is 0.251 e. The predicted octanol–water partition coefficient (Wildman–Crippen LogP) is -0.0973. The second-order valence-corrected chi connectivity index (χ2v) is 6.74. The number of amides is 1. The third kappa shape index (κ3) is 6.10. The van der Waals surface area contributed by atoms with E-state index in [1.807, 2.05) is 19.0 Å². The number of nitrogens with zero attached hydrogens (tertiary/aromatic N) is 1. The van der Waals surface area contributed by atoms with E-state index >= 15 is 0 Å². The minimum absolute atomic E-state index is 0.0591. The molecule has 0 aromatic heterocycles. The van der Waals surface area contributed by atoms with Crippen LogP contribution in [-0.4, -0.2) is 66.7 Å². The van der Waals surface area contributed by atoms with Gasteiger partial charge in [-0.15, -0.1) is 0 Å². The molecule has 1 aromatic rings. The van der Waals surface area contributed by atoms with Crippen molar-refractivity contribution in [2.75, 3.05) is 47.4 Å². The standard InChI is InChI=1S/C14H23N3O4S/c1-17(2)9-7-15-14(18)12-5-4-6-13(11-12)22(19,20)16-8-10-21-3/h4-6,11,16H,7-10H2,1-3H3,(H,15,18). The highest BCUT2D eigenvalue weighted by atomic mass is 32.2. The van der Waals surface area contributed by atoms with Crippen LogP contribution in [0.2, 0.25) is 0 Å². The molecule has 0 fully saturated rings. The van der Waals surface area contributed by atoms with Crippen LogP contribution in [-0.2, 0) is 14.8 Å². The molecule has 0 aliphatic carbocycles. The van der Waals surface area contributed by atoms with Gasteiger partial charge in [-0.3, -0.25) is 4.79 Å². The van der Waals surface area contributed by atoms with Crippen molar-refractivity contribution in [2.45, 2.75) is 4.90 Å². The Hall–Kier alpha value is -1.48. The fraction of sp³-hybridized carbons (Fsp3) is 0.500. The van der Waals surface area contributed by atoms with E-state index in [1.165, 1.54) is 19.2 Å². The van der Waals surface area contributed by atoms with Crippen LogP contribution < -0.4 is 10.0 Å². The Morgan fingerprint density at radius 2 is 2.00 bits per heavy atom. The van der Waals surface area contributed by atoms with Crippen molar-refractivity contribution in [3.8, 4) is 0 Å². The van der Waals surface area contributed by atoms with Crippen LogP contribution in [0.5, 0.6) is 0 Å². The van der Waals surface area contributed by atoms with Gasteiger partial charge < -0.3 is 15.0 Å². The number of benzene rings is 1. The summed E-state index contributed by atoms with van der Waals surface area (Å²) in [6, 6.07) is 5.94. The molecule has 1 aromatic carbocycles. The van der Waals surface area contributed by atoms with Gasteiger partial charge in [0.2, 0.25) is 10.0 Å². The van der Waals surface area contributed by atoms with Gasteiger partial charge in [0.1, 0.15) is 0 Å². The smallest absolute Gasteiger partial charge is 0.251 e. The van der Waals surface area contributed by atoms with E-state index in [9.17, 15) is 13.2 Å². The summed E-state index contributed by atoms with van der Waals surface area (Å²) in [5, 5.41) is 2.75. The summed E-state index contributed by atoms with van der Waals surface area (Å²) < 4.78 is 31.4. The van der Waals surface area contributed by atoms with Crippen LogP contribution >= 0.6 is 0 Å². The largest absolute Gasteiger partial charge is 0.383 e. The summed E-state index contributed by atoms with van der Waals surface area (Å²) in [5.74, 6) is -0.296. The second-order valence-electron chi connectivity index (χ2n) is 4.98. The number of sulfonamides is 1.